The Morgan fingerprint density at radius 1 is 1.35 bits per heavy atom. The van der Waals surface area contributed by atoms with Crippen molar-refractivity contribution in [1.29, 1.82) is 0 Å². The van der Waals surface area contributed by atoms with Gasteiger partial charge in [0.1, 0.15) is 0 Å². The van der Waals surface area contributed by atoms with Gasteiger partial charge in [0.05, 0.1) is 16.5 Å². The van der Waals surface area contributed by atoms with E-state index in [9.17, 15) is 13.2 Å². The minimum Gasteiger partial charge on any atom is -0.385 e. The SMILES string of the molecule is COCCC(N)C(=O)CCS(=O)(=O)C(C)(C)C. The second kappa shape index (κ2) is 6.47. The molecule has 0 aliphatic heterocycles. The van der Waals surface area contributed by atoms with Crippen LogP contribution in [0.15, 0.2) is 0 Å². The first-order chi connectivity index (χ1) is 7.62. The molecule has 0 spiro atoms. The zero-order valence-corrected chi connectivity index (χ0v) is 11.8. The van der Waals surface area contributed by atoms with Crippen LogP contribution < -0.4 is 5.73 Å². The van der Waals surface area contributed by atoms with Crippen molar-refractivity contribution in [2.24, 2.45) is 5.73 Å². The monoisotopic (exact) mass is 265 g/mol. The van der Waals surface area contributed by atoms with Gasteiger partial charge in [0.15, 0.2) is 15.6 Å². The first-order valence-electron chi connectivity index (χ1n) is 5.61. The highest BCUT2D eigenvalue weighted by Gasteiger charge is 2.29. The van der Waals surface area contributed by atoms with Gasteiger partial charge in [0, 0.05) is 20.1 Å². The van der Waals surface area contributed by atoms with E-state index >= 15 is 0 Å². The van der Waals surface area contributed by atoms with Crippen molar-refractivity contribution in [2.45, 2.75) is 44.4 Å². The normalized spacial score (nSPS) is 14.6. The first-order valence-corrected chi connectivity index (χ1v) is 7.26. The summed E-state index contributed by atoms with van der Waals surface area (Å²) < 4.78 is 27.5. The van der Waals surface area contributed by atoms with Crippen LogP contribution in [0.3, 0.4) is 0 Å². The van der Waals surface area contributed by atoms with Crippen molar-refractivity contribution < 1.29 is 17.9 Å². The summed E-state index contributed by atoms with van der Waals surface area (Å²) in [6.07, 6.45) is 0.398. The average molecular weight is 265 g/mol. The van der Waals surface area contributed by atoms with E-state index in [0.29, 0.717) is 13.0 Å². The van der Waals surface area contributed by atoms with Gasteiger partial charge in [-0.05, 0) is 27.2 Å². The van der Waals surface area contributed by atoms with E-state index in [1.165, 1.54) is 7.11 Å². The van der Waals surface area contributed by atoms with Crippen molar-refractivity contribution in [2.75, 3.05) is 19.5 Å². The third-order valence-electron chi connectivity index (χ3n) is 2.60. The molecule has 0 aromatic carbocycles. The van der Waals surface area contributed by atoms with Gasteiger partial charge in [0.25, 0.3) is 0 Å². The molecule has 0 aromatic heterocycles. The van der Waals surface area contributed by atoms with E-state index in [-0.39, 0.29) is 18.0 Å². The van der Waals surface area contributed by atoms with Crippen LogP contribution in [0.4, 0.5) is 0 Å². The molecule has 102 valence electrons. The molecule has 0 aliphatic rings. The van der Waals surface area contributed by atoms with Crippen LogP contribution in [0.25, 0.3) is 0 Å². The number of ether oxygens (including phenoxy) is 1. The number of sulfone groups is 1. The van der Waals surface area contributed by atoms with Crippen molar-refractivity contribution in [3.8, 4) is 0 Å². The molecule has 0 bridgehead atoms. The Morgan fingerprint density at radius 2 is 1.88 bits per heavy atom. The Bertz CT molecular complexity index is 343. The zero-order valence-electron chi connectivity index (χ0n) is 11.0. The summed E-state index contributed by atoms with van der Waals surface area (Å²) in [4.78, 5) is 11.6. The van der Waals surface area contributed by atoms with Gasteiger partial charge >= 0.3 is 0 Å². The minimum atomic E-state index is -3.25. The summed E-state index contributed by atoms with van der Waals surface area (Å²) in [6.45, 7) is 5.27. The summed E-state index contributed by atoms with van der Waals surface area (Å²) in [5.41, 5.74) is 5.62. The molecular weight excluding hydrogens is 242 g/mol. The lowest BCUT2D eigenvalue weighted by molar-refractivity contribution is -0.120. The van der Waals surface area contributed by atoms with Crippen LogP contribution in [-0.2, 0) is 19.4 Å². The molecule has 1 unspecified atom stereocenters. The van der Waals surface area contributed by atoms with E-state index in [1.807, 2.05) is 0 Å². The fourth-order valence-electron chi connectivity index (χ4n) is 1.13. The van der Waals surface area contributed by atoms with E-state index in [4.69, 9.17) is 10.5 Å². The largest absolute Gasteiger partial charge is 0.385 e. The second-order valence-electron chi connectivity index (χ2n) is 5.04. The van der Waals surface area contributed by atoms with Gasteiger partial charge in [-0.3, -0.25) is 4.79 Å². The predicted molar refractivity (Wildman–Crippen MR) is 67.6 cm³/mol. The lowest BCUT2D eigenvalue weighted by Crippen LogP contribution is -2.36. The van der Waals surface area contributed by atoms with E-state index in [1.54, 1.807) is 20.8 Å². The summed E-state index contributed by atoms with van der Waals surface area (Å²) >= 11 is 0. The Labute approximate surface area is 104 Å². The Morgan fingerprint density at radius 3 is 2.29 bits per heavy atom. The molecule has 17 heavy (non-hydrogen) atoms. The lowest BCUT2D eigenvalue weighted by atomic mass is 10.1. The first kappa shape index (κ1) is 16.5. The molecule has 0 saturated heterocycles. The number of carbonyl (C=O) groups is 1. The van der Waals surface area contributed by atoms with Crippen molar-refractivity contribution in [3.05, 3.63) is 0 Å². The summed E-state index contributed by atoms with van der Waals surface area (Å²) in [5.74, 6) is -0.370. The van der Waals surface area contributed by atoms with Crippen LogP contribution in [0, 0.1) is 0 Å². The highest BCUT2D eigenvalue weighted by Crippen LogP contribution is 2.17. The lowest BCUT2D eigenvalue weighted by Gasteiger charge is -2.19. The maximum Gasteiger partial charge on any atom is 0.155 e. The molecule has 1 atom stereocenters. The quantitative estimate of drug-likeness (QED) is 0.725. The number of ketones is 1. The number of hydrogen-bond acceptors (Lipinski definition) is 5. The van der Waals surface area contributed by atoms with E-state index in [2.05, 4.69) is 0 Å². The molecule has 0 fully saturated rings. The summed E-state index contributed by atoms with van der Waals surface area (Å²) in [6, 6.07) is -0.634. The highest BCUT2D eigenvalue weighted by atomic mass is 32.2. The number of Topliss-reactive ketones (excluding diaryl/α,β-unsaturated/α-hetero) is 1. The van der Waals surface area contributed by atoms with Crippen LogP contribution in [0.5, 0.6) is 0 Å². The highest BCUT2D eigenvalue weighted by molar-refractivity contribution is 7.92. The molecule has 5 nitrogen and oxygen atoms in total. The number of methoxy groups -OCH3 is 1. The van der Waals surface area contributed by atoms with Gasteiger partial charge < -0.3 is 10.5 Å². The summed E-state index contributed by atoms with van der Waals surface area (Å²) in [5, 5.41) is 0. The molecule has 0 radical (unpaired) electrons. The van der Waals surface area contributed by atoms with Crippen LogP contribution in [-0.4, -0.2) is 44.5 Å². The predicted octanol–water partition coefficient (Wildman–Crippen LogP) is 0.523. The average Bonchev–Trinajstić information content (AvgIpc) is 2.20. The van der Waals surface area contributed by atoms with E-state index < -0.39 is 20.6 Å². The van der Waals surface area contributed by atoms with Crippen molar-refractivity contribution in [1.82, 2.24) is 0 Å². The Hall–Kier alpha value is -0.460. The number of nitrogens with two attached hydrogens (primary N) is 1. The maximum atomic E-state index is 11.8. The third-order valence-corrected chi connectivity index (χ3v) is 5.20. The van der Waals surface area contributed by atoms with E-state index in [0.717, 1.165) is 0 Å². The molecule has 0 aliphatic carbocycles. The van der Waals surface area contributed by atoms with Crippen LogP contribution in [0.1, 0.15) is 33.6 Å². The minimum absolute atomic E-state index is 0.0233. The Kier molecular flexibility index (Phi) is 6.29. The molecule has 0 heterocycles. The zero-order chi connectivity index (χ0) is 13.7. The fraction of sp³-hybridized carbons (Fsp3) is 0.909. The Balaban J connectivity index is 4.26. The number of carbonyl (C=O) groups excluding carboxylic acids is 1. The summed E-state index contributed by atoms with van der Waals surface area (Å²) in [7, 11) is -1.73. The standard InChI is InChI=1S/C11H23NO4S/c1-11(2,3)17(14,15)8-6-10(13)9(12)5-7-16-4/h9H,5-8,12H2,1-4H3. The fourth-order valence-corrected chi connectivity index (χ4v) is 2.21. The second-order valence-corrected chi connectivity index (χ2v) is 7.90. The van der Waals surface area contributed by atoms with Gasteiger partial charge in [-0.15, -0.1) is 0 Å². The van der Waals surface area contributed by atoms with Crippen molar-refractivity contribution >= 4 is 15.6 Å². The molecule has 6 heteroatoms. The topological polar surface area (TPSA) is 86.5 Å². The van der Waals surface area contributed by atoms with Gasteiger partial charge in [0.2, 0.25) is 0 Å². The van der Waals surface area contributed by atoms with Crippen LogP contribution >= 0.6 is 0 Å². The molecule has 0 amide bonds. The molecule has 2 N–H and O–H groups in total. The molecule has 0 aromatic rings. The number of hydrogen-bond donors (Lipinski definition) is 1. The molecule has 0 rings (SSSR count). The van der Waals surface area contributed by atoms with Crippen LogP contribution in [0.2, 0.25) is 0 Å². The third kappa shape index (κ3) is 5.61. The van der Waals surface area contributed by atoms with Gasteiger partial charge in [-0.25, -0.2) is 8.42 Å². The number of rotatable bonds is 7. The maximum absolute atomic E-state index is 11.8. The smallest absolute Gasteiger partial charge is 0.155 e. The molecular formula is C11H23NO4S. The van der Waals surface area contributed by atoms with Gasteiger partial charge in [-0.1, -0.05) is 0 Å². The van der Waals surface area contributed by atoms with Gasteiger partial charge in [-0.2, -0.15) is 0 Å². The van der Waals surface area contributed by atoms with Crippen molar-refractivity contribution in [3.63, 3.8) is 0 Å². The molecule has 0 saturated carbocycles.